The Labute approximate surface area is 162 Å². The van der Waals surface area contributed by atoms with E-state index in [4.69, 9.17) is 4.98 Å². The van der Waals surface area contributed by atoms with Crippen LogP contribution in [0.15, 0.2) is 10.4 Å². The zero-order valence-electron chi connectivity index (χ0n) is 14.8. The quantitative estimate of drug-likeness (QED) is 0.413. The van der Waals surface area contributed by atoms with Crippen LogP contribution < -0.4 is 10.6 Å². The number of aliphatic imine (C=N–C) groups is 1. The summed E-state index contributed by atoms with van der Waals surface area (Å²) in [6, 6.07) is 0.590. The molecule has 0 radical (unpaired) electrons. The molecule has 1 aromatic rings. The zero-order valence-corrected chi connectivity index (χ0v) is 18.0. The van der Waals surface area contributed by atoms with Crippen LogP contribution in [0, 0.1) is 0 Å². The normalized spacial score (nSPS) is 16.8. The molecular weight excluding hydrogens is 419 g/mol. The van der Waals surface area contributed by atoms with Gasteiger partial charge in [0.2, 0.25) is 0 Å². The van der Waals surface area contributed by atoms with Gasteiger partial charge in [0.05, 0.1) is 10.7 Å². The fourth-order valence-electron chi connectivity index (χ4n) is 2.69. The average Bonchev–Trinajstić information content (AvgIpc) is 2.96. The predicted octanol–water partition coefficient (Wildman–Crippen LogP) is 4.10. The Bertz CT molecular complexity index is 487. The smallest absolute Gasteiger partial charge is 0.191 e. The molecule has 132 valence electrons. The van der Waals surface area contributed by atoms with Crippen molar-refractivity contribution in [1.82, 2.24) is 15.6 Å². The summed E-state index contributed by atoms with van der Waals surface area (Å²) in [5.41, 5.74) is 1.33. The predicted molar refractivity (Wildman–Crippen MR) is 111 cm³/mol. The van der Waals surface area contributed by atoms with E-state index in [1.165, 1.54) is 42.8 Å². The molecule has 2 rings (SSSR count). The molecule has 23 heavy (non-hydrogen) atoms. The van der Waals surface area contributed by atoms with Crippen LogP contribution in [-0.4, -0.2) is 30.6 Å². The maximum atomic E-state index is 4.74. The highest BCUT2D eigenvalue weighted by atomic mass is 127. The molecule has 0 unspecified atom stereocenters. The van der Waals surface area contributed by atoms with E-state index in [2.05, 4.69) is 41.8 Å². The fraction of sp³-hybridized carbons (Fsp3) is 0.765. The Hall–Kier alpha value is -0.370. The second kappa shape index (κ2) is 9.81. The first kappa shape index (κ1) is 20.7. The number of hydrogen-bond acceptors (Lipinski definition) is 3. The second-order valence-corrected chi connectivity index (χ2v) is 8.05. The molecule has 1 aromatic heterocycles. The van der Waals surface area contributed by atoms with Crippen molar-refractivity contribution < 1.29 is 0 Å². The summed E-state index contributed by atoms with van der Waals surface area (Å²) in [6.45, 7) is 7.50. The van der Waals surface area contributed by atoms with E-state index in [1.54, 1.807) is 11.3 Å². The van der Waals surface area contributed by atoms with Crippen LogP contribution in [0.2, 0.25) is 0 Å². The molecule has 0 bridgehead atoms. The first-order chi connectivity index (χ1) is 10.5. The summed E-state index contributed by atoms with van der Waals surface area (Å²) in [6.07, 6.45) is 7.54. The first-order valence-electron chi connectivity index (χ1n) is 8.41. The molecule has 0 aliphatic heterocycles. The highest BCUT2D eigenvalue weighted by Crippen LogP contribution is 2.23. The SMILES string of the molecule is CN=C(NCCc1nc(C(C)(C)C)cs1)NC1CCCCC1.I. The number of thiazole rings is 1. The summed E-state index contributed by atoms with van der Waals surface area (Å²) in [4.78, 5) is 9.07. The number of nitrogens with zero attached hydrogens (tertiary/aromatic N) is 2. The van der Waals surface area contributed by atoms with Crippen molar-refractivity contribution in [2.75, 3.05) is 13.6 Å². The van der Waals surface area contributed by atoms with E-state index < -0.39 is 0 Å². The van der Waals surface area contributed by atoms with Gasteiger partial charge in [-0.15, -0.1) is 35.3 Å². The molecule has 1 aliphatic rings. The number of rotatable bonds is 4. The van der Waals surface area contributed by atoms with Crippen LogP contribution in [0.25, 0.3) is 0 Å². The summed E-state index contributed by atoms with van der Waals surface area (Å²) < 4.78 is 0. The van der Waals surface area contributed by atoms with Gasteiger partial charge in [-0.2, -0.15) is 0 Å². The van der Waals surface area contributed by atoms with Crippen molar-refractivity contribution in [2.24, 2.45) is 4.99 Å². The van der Waals surface area contributed by atoms with Gasteiger partial charge in [0.15, 0.2) is 5.96 Å². The number of guanidine groups is 1. The molecule has 6 heteroatoms. The molecule has 2 N–H and O–H groups in total. The third kappa shape index (κ3) is 6.95. The average molecular weight is 450 g/mol. The molecule has 1 heterocycles. The van der Waals surface area contributed by atoms with Crippen molar-refractivity contribution in [2.45, 2.75) is 70.8 Å². The van der Waals surface area contributed by atoms with E-state index >= 15 is 0 Å². The van der Waals surface area contributed by atoms with Crippen LogP contribution in [0.3, 0.4) is 0 Å². The fourth-order valence-corrected chi connectivity index (χ4v) is 3.72. The molecule has 1 fully saturated rings. The van der Waals surface area contributed by atoms with Gasteiger partial charge >= 0.3 is 0 Å². The lowest BCUT2D eigenvalue weighted by molar-refractivity contribution is 0.410. The van der Waals surface area contributed by atoms with Crippen LogP contribution in [-0.2, 0) is 11.8 Å². The third-order valence-corrected chi connectivity index (χ3v) is 5.03. The molecular formula is C17H31IN4S. The van der Waals surface area contributed by atoms with Gasteiger partial charge in [0.1, 0.15) is 0 Å². The van der Waals surface area contributed by atoms with Crippen molar-refractivity contribution in [3.8, 4) is 0 Å². The lowest BCUT2D eigenvalue weighted by Crippen LogP contribution is -2.44. The largest absolute Gasteiger partial charge is 0.356 e. The van der Waals surface area contributed by atoms with Crippen molar-refractivity contribution in [3.63, 3.8) is 0 Å². The Balaban J connectivity index is 0.00000264. The van der Waals surface area contributed by atoms with Crippen LogP contribution in [0.5, 0.6) is 0 Å². The Morgan fingerprint density at radius 2 is 2.00 bits per heavy atom. The van der Waals surface area contributed by atoms with E-state index in [0.717, 1.165) is 18.9 Å². The first-order valence-corrected chi connectivity index (χ1v) is 9.29. The molecule has 0 atom stereocenters. The minimum absolute atomic E-state index is 0. The van der Waals surface area contributed by atoms with Gasteiger partial charge in [0, 0.05) is 36.9 Å². The molecule has 1 saturated carbocycles. The van der Waals surface area contributed by atoms with Crippen molar-refractivity contribution in [3.05, 3.63) is 16.1 Å². The van der Waals surface area contributed by atoms with Crippen molar-refractivity contribution in [1.29, 1.82) is 0 Å². The summed E-state index contributed by atoms with van der Waals surface area (Å²) in [5.74, 6) is 0.930. The van der Waals surface area contributed by atoms with Crippen molar-refractivity contribution >= 4 is 41.3 Å². The molecule has 4 nitrogen and oxygen atoms in total. The lowest BCUT2D eigenvalue weighted by Gasteiger charge is -2.24. The number of halogens is 1. The summed E-state index contributed by atoms with van der Waals surface area (Å²) >= 11 is 1.76. The molecule has 0 aromatic carbocycles. The topological polar surface area (TPSA) is 49.3 Å². The minimum Gasteiger partial charge on any atom is -0.356 e. The van der Waals surface area contributed by atoms with Gasteiger partial charge < -0.3 is 10.6 Å². The maximum Gasteiger partial charge on any atom is 0.191 e. The van der Waals surface area contributed by atoms with Gasteiger partial charge in [0.25, 0.3) is 0 Å². The number of hydrogen-bond donors (Lipinski definition) is 2. The molecule has 0 amide bonds. The monoisotopic (exact) mass is 450 g/mol. The van der Waals surface area contributed by atoms with Gasteiger partial charge in [-0.05, 0) is 12.8 Å². The van der Waals surface area contributed by atoms with E-state index in [-0.39, 0.29) is 29.4 Å². The van der Waals surface area contributed by atoms with E-state index in [0.29, 0.717) is 6.04 Å². The van der Waals surface area contributed by atoms with E-state index in [1.807, 2.05) is 7.05 Å². The van der Waals surface area contributed by atoms with Gasteiger partial charge in [-0.25, -0.2) is 4.98 Å². The highest BCUT2D eigenvalue weighted by Gasteiger charge is 2.17. The maximum absolute atomic E-state index is 4.74. The third-order valence-electron chi connectivity index (χ3n) is 4.12. The Morgan fingerprint density at radius 1 is 1.30 bits per heavy atom. The number of nitrogens with one attached hydrogen (secondary N) is 2. The zero-order chi connectivity index (χ0) is 16.0. The van der Waals surface area contributed by atoms with Gasteiger partial charge in [-0.3, -0.25) is 4.99 Å². The molecule has 1 aliphatic carbocycles. The standard InChI is InChI=1S/C17H30N4S.HI/c1-17(2,3)14-12-22-15(21-14)10-11-19-16(18-4)20-13-8-6-5-7-9-13;/h12-13H,5-11H2,1-4H3,(H2,18,19,20);1H. The van der Waals surface area contributed by atoms with Crippen LogP contribution in [0.4, 0.5) is 0 Å². The molecule has 0 spiro atoms. The van der Waals surface area contributed by atoms with Gasteiger partial charge in [-0.1, -0.05) is 40.0 Å². The summed E-state index contributed by atoms with van der Waals surface area (Å²) in [5, 5.41) is 10.3. The van der Waals surface area contributed by atoms with E-state index in [9.17, 15) is 0 Å². The minimum atomic E-state index is 0. The molecule has 0 saturated heterocycles. The lowest BCUT2D eigenvalue weighted by atomic mass is 9.93. The summed E-state index contributed by atoms with van der Waals surface area (Å²) in [7, 11) is 1.85. The number of aromatic nitrogens is 1. The van der Waals surface area contributed by atoms with Crippen LogP contribution in [0.1, 0.15) is 63.6 Å². The second-order valence-electron chi connectivity index (χ2n) is 7.10. The Morgan fingerprint density at radius 3 is 2.57 bits per heavy atom. The van der Waals surface area contributed by atoms with Crippen LogP contribution >= 0.6 is 35.3 Å². The Kier molecular flexibility index (Phi) is 8.82. The highest BCUT2D eigenvalue weighted by molar-refractivity contribution is 14.0.